The van der Waals surface area contributed by atoms with E-state index in [1.165, 1.54) is 6.08 Å². The lowest BCUT2D eigenvalue weighted by Crippen LogP contribution is -2.46. The molecule has 0 amide bonds. The van der Waals surface area contributed by atoms with E-state index in [1.807, 2.05) is 24.6 Å². The molecule has 0 saturated carbocycles. The summed E-state index contributed by atoms with van der Waals surface area (Å²) < 4.78 is 15.0. The number of hydrogen-bond donors (Lipinski definition) is 1. The van der Waals surface area contributed by atoms with Crippen LogP contribution in [-0.2, 0) is 7.05 Å². The topological polar surface area (TPSA) is 41.2 Å². The minimum absolute atomic E-state index is 0.203. The number of aromatic nitrogens is 1. The van der Waals surface area contributed by atoms with Gasteiger partial charge in [-0.05, 0) is 37.3 Å². The molecule has 0 fully saturated rings. The Morgan fingerprint density at radius 2 is 2.04 bits per heavy atom. The van der Waals surface area contributed by atoms with E-state index in [2.05, 4.69) is 13.2 Å². The maximum absolute atomic E-state index is 13.2. The Labute approximate surface area is 134 Å². The van der Waals surface area contributed by atoms with Crippen LogP contribution in [0.3, 0.4) is 0 Å². The predicted octanol–water partition coefficient (Wildman–Crippen LogP) is 2.46. The first-order valence-electron chi connectivity index (χ1n) is 7.15. The van der Waals surface area contributed by atoms with Crippen molar-refractivity contribution < 1.29 is 18.9 Å². The number of nitrogens with zero attached hydrogens (tertiary/aromatic N) is 1. The molecule has 0 aliphatic rings. The number of halogens is 1. The number of fused-ring (bicyclic) bond motifs is 1. The molecular formula is C19H19FNO2+. The molecular weight excluding hydrogens is 293 g/mol. The number of carboxylic acid groups (broad SMARTS) is 1. The molecule has 118 valence electrons. The summed E-state index contributed by atoms with van der Waals surface area (Å²) in [5.74, 6) is -1.53. The number of hydrogen-bond acceptors (Lipinski definition) is 1. The molecule has 2 rings (SSSR count). The average Bonchev–Trinajstić information content (AvgIpc) is 2.46. The van der Waals surface area contributed by atoms with Crippen molar-refractivity contribution >= 4 is 35.1 Å². The van der Waals surface area contributed by atoms with Crippen LogP contribution in [0, 0.1) is 0 Å². The molecule has 0 unspecified atom stereocenters. The maximum Gasteiger partial charge on any atom is 0.335 e. The van der Waals surface area contributed by atoms with Gasteiger partial charge in [-0.15, -0.1) is 0 Å². The summed E-state index contributed by atoms with van der Waals surface area (Å²) in [5, 5.41) is 11.8. The van der Waals surface area contributed by atoms with E-state index in [4.69, 9.17) is 0 Å². The van der Waals surface area contributed by atoms with Gasteiger partial charge >= 0.3 is 5.97 Å². The molecule has 0 radical (unpaired) electrons. The van der Waals surface area contributed by atoms with Crippen molar-refractivity contribution in [3.63, 3.8) is 0 Å². The van der Waals surface area contributed by atoms with E-state index in [-0.39, 0.29) is 5.56 Å². The van der Waals surface area contributed by atoms with E-state index in [0.717, 1.165) is 27.0 Å². The van der Waals surface area contributed by atoms with Gasteiger partial charge in [0.25, 0.3) is 0 Å². The molecule has 4 heteroatoms. The highest BCUT2D eigenvalue weighted by atomic mass is 19.1. The molecule has 0 aliphatic heterocycles. The molecule has 0 saturated heterocycles. The highest BCUT2D eigenvalue weighted by Gasteiger charge is 2.19. The number of aromatic carboxylic acids is 1. The third-order valence-corrected chi connectivity index (χ3v) is 3.88. The summed E-state index contributed by atoms with van der Waals surface area (Å²) in [6, 6.07) is 4.97. The van der Waals surface area contributed by atoms with Crippen LogP contribution >= 0.6 is 0 Å². The molecule has 0 bridgehead atoms. The van der Waals surface area contributed by atoms with Crippen molar-refractivity contribution in [2.45, 2.75) is 13.8 Å². The van der Waals surface area contributed by atoms with Crippen LogP contribution in [0.1, 0.15) is 29.9 Å². The molecule has 0 spiro atoms. The number of benzene rings is 1. The first-order valence-corrected chi connectivity index (χ1v) is 7.15. The summed E-state index contributed by atoms with van der Waals surface area (Å²) >= 11 is 0. The lowest BCUT2D eigenvalue weighted by molar-refractivity contribution is -0.648. The Morgan fingerprint density at radius 3 is 2.57 bits per heavy atom. The van der Waals surface area contributed by atoms with E-state index in [1.54, 1.807) is 25.1 Å². The summed E-state index contributed by atoms with van der Waals surface area (Å²) in [4.78, 5) is 11.2. The average molecular weight is 312 g/mol. The molecule has 2 aromatic rings. The number of pyridine rings is 1. The third-order valence-electron chi connectivity index (χ3n) is 3.88. The Kier molecular flexibility index (Phi) is 4.45. The lowest BCUT2D eigenvalue weighted by atomic mass is 10.0. The fourth-order valence-corrected chi connectivity index (χ4v) is 2.92. The molecule has 0 atom stereocenters. The van der Waals surface area contributed by atoms with Gasteiger partial charge in [-0.2, -0.15) is 4.57 Å². The molecule has 1 aromatic heterocycles. The zero-order valence-electron chi connectivity index (χ0n) is 13.5. The number of allylic oxidation sites excluding steroid dienone is 3. The smallest absolute Gasteiger partial charge is 0.335 e. The largest absolute Gasteiger partial charge is 0.478 e. The Bertz CT molecular complexity index is 971. The standard InChI is InChI=1S/C19H18FNO2/c1-6-15-13(4)18(11(2)9-12(3)20)21(5)17-10-14(19(22)23)7-8-16(15)17/h6-10H,3-4H2,1-2,5H3/p+1/b11-9+,15-6+. The van der Waals surface area contributed by atoms with Crippen molar-refractivity contribution in [1.29, 1.82) is 0 Å². The summed E-state index contributed by atoms with van der Waals surface area (Å²) in [6.45, 7) is 11.1. The van der Waals surface area contributed by atoms with Gasteiger partial charge in [0.15, 0.2) is 0 Å². The summed E-state index contributed by atoms with van der Waals surface area (Å²) in [6.07, 6.45) is 3.27. The number of rotatable bonds is 3. The quantitative estimate of drug-likeness (QED) is 0.699. The van der Waals surface area contributed by atoms with Gasteiger partial charge in [-0.25, -0.2) is 9.18 Å². The SMILES string of the molecule is C=C(F)/C=C(\C)c1c(=C)/c(=C\C)c2ccc(C(=O)O)cc2[n+]1C. The Morgan fingerprint density at radius 1 is 1.39 bits per heavy atom. The van der Waals surface area contributed by atoms with Gasteiger partial charge in [-0.3, -0.25) is 0 Å². The van der Waals surface area contributed by atoms with Crippen molar-refractivity contribution in [3.8, 4) is 0 Å². The van der Waals surface area contributed by atoms with Crippen molar-refractivity contribution in [2.24, 2.45) is 7.05 Å². The fraction of sp³-hybridized carbons (Fsp3) is 0.158. The van der Waals surface area contributed by atoms with Crippen molar-refractivity contribution in [1.82, 2.24) is 0 Å². The zero-order valence-corrected chi connectivity index (χ0v) is 13.5. The molecule has 1 N–H and O–H groups in total. The van der Waals surface area contributed by atoms with Gasteiger partial charge in [-0.1, -0.05) is 19.2 Å². The fourth-order valence-electron chi connectivity index (χ4n) is 2.92. The zero-order chi connectivity index (χ0) is 17.3. The molecule has 23 heavy (non-hydrogen) atoms. The number of carbonyl (C=O) groups is 1. The monoisotopic (exact) mass is 312 g/mol. The van der Waals surface area contributed by atoms with Crippen molar-refractivity contribution in [2.75, 3.05) is 0 Å². The number of carboxylic acids is 1. The van der Waals surface area contributed by atoms with Gasteiger partial charge in [0.1, 0.15) is 12.9 Å². The third kappa shape index (κ3) is 2.93. The van der Waals surface area contributed by atoms with Crippen LogP contribution in [-0.4, -0.2) is 11.1 Å². The second-order valence-electron chi connectivity index (χ2n) is 5.40. The minimum Gasteiger partial charge on any atom is -0.478 e. The Balaban J connectivity index is 3.03. The van der Waals surface area contributed by atoms with Crippen molar-refractivity contribution in [3.05, 3.63) is 58.4 Å². The number of aryl methyl sites for hydroxylation is 1. The molecule has 1 aromatic carbocycles. The predicted molar refractivity (Wildman–Crippen MR) is 90.9 cm³/mol. The van der Waals surface area contributed by atoms with E-state index in [9.17, 15) is 14.3 Å². The Hall–Kier alpha value is -2.75. The lowest BCUT2D eigenvalue weighted by Gasteiger charge is -2.07. The van der Waals surface area contributed by atoms with Gasteiger partial charge in [0.05, 0.1) is 10.9 Å². The molecule has 3 nitrogen and oxygen atoms in total. The first kappa shape index (κ1) is 16.6. The normalized spacial score (nSPS) is 12.7. The minimum atomic E-state index is -0.987. The molecule has 1 heterocycles. The van der Waals surface area contributed by atoms with Crippen LogP contribution in [0.4, 0.5) is 4.39 Å². The molecule has 0 aliphatic carbocycles. The maximum atomic E-state index is 13.2. The van der Waals surface area contributed by atoms with Crippen LogP contribution in [0.25, 0.3) is 29.1 Å². The van der Waals surface area contributed by atoms with Gasteiger partial charge in [0.2, 0.25) is 11.2 Å². The van der Waals surface area contributed by atoms with Crippen LogP contribution in [0.15, 0.2) is 36.7 Å². The highest BCUT2D eigenvalue weighted by molar-refractivity contribution is 5.92. The highest BCUT2D eigenvalue weighted by Crippen LogP contribution is 2.13. The van der Waals surface area contributed by atoms with Gasteiger partial charge in [0, 0.05) is 16.9 Å². The first-order chi connectivity index (χ1) is 10.8. The van der Waals surface area contributed by atoms with Gasteiger partial charge < -0.3 is 5.11 Å². The second kappa shape index (κ2) is 6.16. The van der Waals surface area contributed by atoms with Crippen LogP contribution < -0.4 is 15.0 Å². The second-order valence-corrected chi connectivity index (χ2v) is 5.40. The van der Waals surface area contributed by atoms with Crippen LogP contribution in [0.2, 0.25) is 0 Å². The van der Waals surface area contributed by atoms with E-state index in [0.29, 0.717) is 5.57 Å². The van der Waals surface area contributed by atoms with Crippen LogP contribution in [0.5, 0.6) is 0 Å². The summed E-state index contributed by atoms with van der Waals surface area (Å²) in [5.41, 5.74) is 2.37. The van der Waals surface area contributed by atoms with E-state index >= 15 is 0 Å². The summed E-state index contributed by atoms with van der Waals surface area (Å²) in [7, 11) is 1.82. The van der Waals surface area contributed by atoms with E-state index < -0.39 is 11.8 Å².